The second-order valence-electron chi connectivity index (χ2n) is 3.26. The quantitative estimate of drug-likeness (QED) is 0.727. The van der Waals surface area contributed by atoms with Crippen molar-refractivity contribution in [2.75, 3.05) is 0 Å². The Kier molecular flexibility index (Phi) is 3.15. The molecular formula is C12H8ClF2N. The van der Waals surface area contributed by atoms with E-state index in [9.17, 15) is 8.78 Å². The molecule has 0 radical (unpaired) electrons. The minimum Gasteiger partial charge on any atom is -0.261 e. The van der Waals surface area contributed by atoms with E-state index in [2.05, 4.69) is 4.98 Å². The predicted octanol–water partition coefficient (Wildman–Crippen LogP) is 3.77. The second kappa shape index (κ2) is 4.58. The van der Waals surface area contributed by atoms with Crippen LogP contribution in [0.1, 0.15) is 5.56 Å². The van der Waals surface area contributed by atoms with Crippen LogP contribution in [0.5, 0.6) is 0 Å². The summed E-state index contributed by atoms with van der Waals surface area (Å²) in [5, 5.41) is 0. The molecule has 0 spiro atoms. The molecule has 0 bridgehead atoms. The molecule has 1 heterocycles. The van der Waals surface area contributed by atoms with Crippen molar-refractivity contribution >= 4 is 11.6 Å². The molecule has 0 atom stereocenters. The van der Waals surface area contributed by atoms with Crippen LogP contribution in [0.3, 0.4) is 0 Å². The SMILES string of the molecule is Fc1ccccc1-c1cncc(F)c1CCl. The molecule has 0 aliphatic heterocycles. The molecule has 1 aromatic carbocycles. The summed E-state index contributed by atoms with van der Waals surface area (Å²) in [6.45, 7) is 0. The zero-order chi connectivity index (χ0) is 11.5. The van der Waals surface area contributed by atoms with Crippen LogP contribution in [-0.4, -0.2) is 4.98 Å². The fourth-order valence-corrected chi connectivity index (χ4v) is 1.78. The highest BCUT2D eigenvalue weighted by molar-refractivity contribution is 6.17. The summed E-state index contributed by atoms with van der Waals surface area (Å²) in [6, 6.07) is 6.15. The largest absolute Gasteiger partial charge is 0.261 e. The van der Waals surface area contributed by atoms with E-state index >= 15 is 0 Å². The maximum atomic E-state index is 13.5. The van der Waals surface area contributed by atoms with Gasteiger partial charge in [-0.1, -0.05) is 18.2 Å². The Hall–Kier alpha value is -1.48. The number of pyridine rings is 1. The first kappa shape index (κ1) is 11.0. The Balaban J connectivity index is 2.65. The van der Waals surface area contributed by atoms with Crippen molar-refractivity contribution in [1.82, 2.24) is 4.98 Å². The van der Waals surface area contributed by atoms with Crippen LogP contribution < -0.4 is 0 Å². The highest BCUT2D eigenvalue weighted by Gasteiger charge is 2.12. The van der Waals surface area contributed by atoms with E-state index in [0.29, 0.717) is 11.1 Å². The molecule has 0 N–H and O–H groups in total. The van der Waals surface area contributed by atoms with Crippen LogP contribution in [0, 0.1) is 11.6 Å². The van der Waals surface area contributed by atoms with Gasteiger partial charge >= 0.3 is 0 Å². The summed E-state index contributed by atoms with van der Waals surface area (Å²) in [7, 11) is 0. The number of hydrogen-bond acceptors (Lipinski definition) is 1. The second-order valence-corrected chi connectivity index (χ2v) is 3.53. The third-order valence-electron chi connectivity index (χ3n) is 2.30. The summed E-state index contributed by atoms with van der Waals surface area (Å²) in [6.07, 6.45) is 2.49. The van der Waals surface area contributed by atoms with E-state index in [0.717, 1.165) is 6.20 Å². The van der Waals surface area contributed by atoms with Gasteiger partial charge in [-0.15, -0.1) is 11.6 Å². The Labute approximate surface area is 96.7 Å². The molecule has 0 aliphatic rings. The number of benzene rings is 1. The molecule has 0 unspecified atom stereocenters. The maximum Gasteiger partial charge on any atom is 0.146 e. The average Bonchev–Trinajstić information content (AvgIpc) is 2.29. The van der Waals surface area contributed by atoms with Gasteiger partial charge in [0.05, 0.1) is 12.1 Å². The van der Waals surface area contributed by atoms with E-state index in [1.807, 2.05) is 0 Å². The Morgan fingerprint density at radius 3 is 2.44 bits per heavy atom. The van der Waals surface area contributed by atoms with Crippen molar-refractivity contribution in [1.29, 1.82) is 0 Å². The Morgan fingerprint density at radius 2 is 1.75 bits per heavy atom. The Bertz CT molecular complexity index is 514. The molecular weight excluding hydrogens is 232 g/mol. The van der Waals surface area contributed by atoms with E-state index in [1.165, 1.54) is 12.3 Å². The molecule has 4 heteroatoms. The van der Waals surface area contributed by atoms with Gasteiger partial charge in [0.25, 0.3) is 0 Å². The molecule has 0 aliphatic carbocycles. The monoisotopic (exact) mass is 239 g/mol. The third-order valence-corrected chi connectivity index (χ3v) is 2.57. The van der Waals surface area contributed by atoms with E-state index in [1.54, 1.807) is 18.2 Å². The summed E-state index contributed by atoms with van der Waals surface area (Å²) in [4.78, 5) is 3.71. The lowest BCUT2D eigenvalue weighted by molar-refractivity contribution is 0.609. The van der Waals surface area contributed by atoms with Gasteiger partial charge in [-0.25, -0.2) is 8.78 Å². The standard InChI is InChI=1S/C12H8ClF2N/c13-5-9-10(6-16-7-12(9)15)8-3-1-2-4-11(8)14/h1-4,6-7H,5H2. The first-order chi connectivity index (χ1) is 7.74. The van der Waals surface area contributed by atoms with Gasteiger partial charge in [-0.3, -0.25) is 4.98 Å². The van der Waals surface area contributed by atoms with Crippen molar-refractivity contribution in [3.8, 4) is 11.1 Å². The van der Waals surface area contributed by atoms with Crippen LogP contribution in [0.4, 0.5) is 8.78 Å². The maximum absolute atomic E-state index is 13.5. The number of aromatic nitrogens is 1. The zero-order valence-corrected chi connectivity index (χ0v) is 9.01. The molecule has 2 aromatic rings. The average molecular weight is 240 g/mol. The van der Waals surface area contributed by atoms with Crippen molar-refractivity contribution < 1.29 is 8.78 Å². The van der Waals surface area contributed by atoms with Crippen LogP contribution >= 0.6 is 11.6 Å². The van der Waals surface area contributed by atoms with E-state index in [4.69, 9.17) is 11.6 Å². The highest BCUT2D eigenvalue weighted by atomic mass is 35.5. The van der Waals surface area contributed by atoms with Gasteiger partial charge in [0, 0.05) is 22.9 Å². The van der Waals surface area contributed by atoms with Crippen LogP contribution in [0.25, 0.3) is 11.1 Å². The topological polar surface area (TPSA) is 12.9 Å². The summed E-state index contributed by atoms with van der Waals surface area (Å²) in [5.41, 5.74) is 0.972. The van der Waals surface area contributed by atoms with Gasteiger partial charge in [-0.05, 0) is 6.07 Å². The van der Waals surface area contributed by atoms with Crippen LogP contribution in [-0.2, 0) is 5.88 Å². The predicted molar refractivity (Wildman–Crippen MR) is 59.1 cm³/mol. The highest BCUT2D eigenvalue weighted by Crippen LogP contribution is 2.27. The lowest BCUT2D eigenvalue weighted by Gasteiger charge is -2.08. The fourth-order valence-electron chi connectivity index (χ4n) is 1.51. The third kappa shape index (κ3) is 1.91. The van der Waals surface area contributed by atoms with Gasteiger partial charge in [0.1, 0.15) is 11.6 Å². The van der Waals surface area contributed by atoms with E-state index in [-0.39, 0.29) is 11.4 Å². The molecule has 1 nitrogen and oxygen atoms in total. The molecule has 0 amide bonds. The van der Waals surface area contributed by atoms with Gasteiger partial charge in [-0.2, -0.15) is 0 Å². The molecule has 0 saturated carbocycles. The van der Waals surface area contributed by atoms with Gasteiger partial charge in [0.2, 0.25) is 0 Å². The van der Waals surface area contributed by atoms with Gasteiger partial charge < -0.3 is 0 Å². The number of hydrogen-bond donors (Lipinski definition) is 0. The summed E-state index contributed by atoms with van der Waals surface area (Å²) < 4.78 is 26.9. The van der Waals surface area contributed by atoms with Crippen molar-refractivity contribution in [3.63, 3.8) is 0 Å². The number of alkyl halides is 1. The number of halogens is 3. The minimum atomic E-state index is -0.518. The Morgan fingerprint density at radius 1 is 1.00 bits per heavy atom. The molecule has 1 aromatic heterocycles. The van der Waals surface area contributed by atoms with Crippen LogP contribution in [0.2, 0.25) is 0 Å². The van der Waals surface area contributed by atoms with Crippen molar-refractivity contribution in [2.24, 2.45) is 0 Å². The minimum absolute atomic E-state index is 0.0159. The van der Waals surface area contributed by atoms with Gasteiger partial charge in [0.15, 0.2) is 0 Å². The molecule has 82 valence electrons. The number of nitrogens with zero attached hydrogens (tertiary/aromatic N) is 1. The lowest BCUT2D eigenvalue weighted by Crippen LogP contribution is -1.95. The van der Waals surface area contributed by atoms with Crippen molar-refractivity contribution in [2.45, 2.75) is 5.88 Å². The zero-order valence-electron chi connectivity index (χ0n) is 8.25. The molecule has 0 saturated heterocycles. The smallest absolute Gasteiger partial charge is 0.146 e. The van der Waals surface area contributed by atoms with Crippen LogP contribution in [0.15, 0.2) is 36.7 Å². The number of rotatable bonds is 2. The molecule has 2 rings (SSSR count). The first-order valence-electron chi connectivity index (χ1n) is 4.67. The first-order valence-corrected chi connectivity index (χ1v) is 5.20. The molecule has 16 heavy (non-hydrogen) atoms. The van der Waals surface area contributed by atoms with E-state index < -0.39 is 11.6 Å². The molecule has 0 fully saturated rings. The fraction of sp³-hybridized carbons (Fsp3) is 0.0833. The summed E-state index contributed by atoms with van der Waals surface area (Å²) >= 11 is 5.65. The van der Waals surface area contributed by atoms with Crippen molar-refractivity contribution in [3.05, 3.63) is 53.9 Å². The summed E-state index contributed by atoms with van der Waals surface area (Å²) in [5.74, 6) is -0.949. The normalized spacial score (nSPS) is 10.4. The lowest BCUT2D eigenvalue weighted by atomic mass is 10.0.